The van der Waals surface area contributed by atoms with Crippen LogP contribution in [0.3, 0.4) is 0 Å². The molecule has 0 spiro atoms. The van der Waals surface area contributed by atoms with E-state index in [0.717, 1.165) is 24.2 Å². The van der Waals surface area contributed by atoms with Crippen molar-refractivity contribution in [2.75, 3.05) is 6.26 Å². The van der Waals surface area contributed by atoms with Crippen LogP contribution in [0.25, 0.3) is 5.78 Å². The molecule has 0 unspecified atom stereocenters. The van der Waals surface area contributed by atoms with Gasteiger partial charge in [-0.15, -0.1) is 5.10 Å². The number of hydrogen-bond donors (Lipinski definition) is 1. The second-order valence-corrected chi connectivity index (χ2v) is 9.77. The van der Waals surface area contributed by atoms with Gasteiger partial charge in [0.25, 0.3) is 5.56 Å². The number of rotatable bonds is 5. The van der Waals surface area contributed by atoms with Crippen LogP contribution in [0.2, 0.25) is 0 Å². The molecule has 1 fully saturated rings. The molecular weight excluding hydrogens is 362 g/mol. The summed E-state index contributed by atoms with van der Waals surface area (Å²) in [4.78, 5) is 17.9. The molecule has 3 aromatic rings. The molecule has 1 saturated carbocycles. The molecule has 2 heterocycles. The number of aromatic nitrogens is 4. The molecular formula is C19H23N5O2S. The molecule has 0 saturated heterocycles. The van der Waals surface area contributed by atoms with Gasteiger partial charge in [0.1, 0.15) is 0 Å². The third-order valence-corrected chi connectivity index (χ3v) is 6.06. The maximum absolute atomic E-state index is 12.8. The van der Waals surface area contributed by atoms with Crippen molar-refractivity contribution in [3.8, 4) is 0 Å². The number of benzene rings is 1. The maximum Gasteiger partial charge on any atom is 0.279 e. The highest BCUT2D eigenvalue weighted by atomic mass is 32.2. The quantitative estimate of drug-likeness (QED) is 0.731. The first-order valence-corrected chi connectivity index (χ1v) is 11.0. The topological polar surface area (TPSA) is 93.1 Å². The van der Waals surface area contributed by atoms with E-state index in [4.69, 9.17) is 4.78 Å². The summed E-state index contributed by atoms with van der Waals surface area (Å²) >= 11 is 0. The van der Waals surface area contributed by atoms with Gasteiger partial charge in [0.05, 0.1) is 16.3 Å². The Bertz CT molecular complexity index is 1170. The Labute approximate surface area is 158 Å². The van der Waals surface area contributed by atoms with Gasteiger partial charge in [0.2, 0.25) is 5.78 Å². The lowest BCUT2D eigenvalue weighted by Gasteiger charge is -2.12. The standard InChI is InChI=1S/C19H23N5O2S/c1-12(2)16-11-23(10-13-4-8-15(9-5-13)27(3,20)26)19-21-17(14-6-7-14)22-24(19)18(16)25/h4-5,8-9,11-12,14,20H,6-7,10H2,1-3H3/t27-/m0/s1. The Kier molecular flexibility index (Phi) is 4.18. The Morgan fingerprint density at radius 2 is 1.93 bits per heavy atom. The minimum atomic E-state index is -2.72. The van der Waals surface area contributed by atoms with E-state index in [1.807, 2.05) is 36.7 Å². The van der Waals surface area contributed by atoms with Crippen molar-refractivity contribution >= 4 is 15.5 Å². The van der Waals surface area contributed by atoms with E-state index in [1.54, 1.807) is 12.1 Å². The molecule has 7 nitrogen and oxygen atoms in total. The average Bonchev–Trinajstić information content (AvgIpc) is 3.35. The normalized spacial score (nSPS) is 16.7. The third-order valence-electron chi connectivity index (χ3n) is 4.89. The van der Waals surface area contributed by atoms with Gasteiger partial charge < -0.3 is 4.57 Å². The monoisotopic (exact) mass is 385 g/mol. The van der Waals surface area contributed by atoms with Gasteiger partial charge in [-0.2, -0.15) is 9.50 Å². The average molecular weight is 385 g/mol. The minimum Gasteiger partial charge on any atom is -0.312 e. The zero-order valence-corrected chi connectivity index (χ0v) is 16.5. The largest absolute Gasteiger partial charge is 0.312 e. The van der Waals surface area contributed by atoms with Crippen LogP contribution in [0.4, 0.5) is 0 Å². The second kappa shape index (κ2) is 6.30. The van der Waals surface area contributed by atoms with Crippen LogP contribution in [0, 0.1) is 4.78 Å². The Morgan fingerprint density at radius 3 is 2.48 bits per heavy atom. The fraction of sp³-hybridized carbons (Fsp3) is 0.421. The molecule has 8 heteroatoms. The highest BCUT2D eigenvalue weighted by molar-refractivity contribution is 7.91. The maximum atomic E-state index is 12.8. The van der Waals surface area contributed by atoms with E-state index in [2.05, 4.69) is 10.1 Å². The predicted molar refractivity (Wildman–Crippen MR) is 104 cm³/mol. The summed E-state index contributed by atoms with van der Waals surface area (Å²) in [6.07, 6.45) is 5.44. The van der Waals surface area contributed by atoms with Crippen molar-refractivity contribution in [1.82, 2.24) is 19.2 Å². The van der Waals surface area contributed by atoms with Gasteiger partial charge in [0, 0.05) is 28.8 Å². The number of fused-ring (bicyclic) bond motifs is 1. The summed E-state index contributed by atoms with van der Waals surface area (Å²) in [6, 6.07) is 7.20. The first-order chi connectivity index (χ1) is 12.7. The lowest BCUT2D eigenvalue weighted by atomic mass is 10.1. The van der Waals surface area contributed by atoms with Crippen LogP contribution in [0.1, 0.15) is 55.5 Å². The summed E-state index contributed by atoms with van der Waals surface area (Å²) in [5, 5.41) is 4.48. The molecule has 1 atom stereocenters. The number of hydrogen-bond acceptors (Lipinski definition) is 5. The van der Waals surface area contributed by atoms with Gasteiger partial charge >= 0.3 is 0 Å². The van der Waals surface area contributed by atoms with Crippen LogP contribution in [-0.2, 0) is 16.3 Å². The Balaban J connectivity index is 1.80. The van der Waals surface area contributed by atoms with Crippen LogP contribution in [-0.4, -0.2) is 29.6 Å². The van der Waals surface area contributed by atoms with E-state index in [0.29, 0.717) is 28.7 Å². The molecule has 27 heavy (non-hydrogen) atoms. The summed E-state index contributed by atoms with van der Waals surface area (Å²) in [7, 11) is -2.72. The first-order valence-electron chi connectivity index (χ1n) is 9.07. The predicted octanol–water partition coefficient (Wildman–Crippen LogP) is 2.98. The van der Waals surface area contributed by atoms with Crippen molar-refractivity contribution in [2.45, 2.75) is 50.0 Å². The molecule has 0 aliphatic heterocycles. The summed E-state index contributed by atoms with van der Waals surface area (Å²) in [5.74, 6) is 1.75. The lowest BCUT2D eigenvalue weighted by molar-refractivity contribution is 0.678. The highest BCUT2D eigenvalue weighted by Gasteiger charge is 2.29. The van der Waals surface area contributed by atoms with E-state index < -0.39 is 9.73 Å². The van der Waals surface area contributed by atoms with Crippen molar-refractivity contribution in [3.63, 3.8) is 0 Å². The molecule has 1 aromatic carbocycles. The number of nitrogens with one attached hydrogen (secondary N) is 1. The van der Waals surface area contributed by atoms with Crippen molar-refractivity contribution < 1.29 is 4.21 Å². The molecule has 1 N–H and O–H groups in total. The van der Waals surface area contributed by atoms with E-state index in [-0.39, 0.29) is 11.5 Å². The SMILES string of the molecule is CC(C)c1cn(Cc2ccc([S@@](C)(=N)=O)cc2)c2nc(C3CC3)nn2c1=O. The summed E-state index contributed by atoms with van der Waals surface area (Å²) in [6.45, 7) is 4.51. The lowest BCUT2D eigenvalue weighted by Crippen LogP contribution is -2.24. The first kappa shape index (κ1) is 17.9. The van der Waals surface area contributed by atoms with Crippen molar-refractivity contribution in [3.05, 3.63) is 57.8 Å². The highest BCUT2D eigenvalue weighted by Crippen LogP contribution is 2.38. The van der Waals surface area contributed by atoms with E-state index in [1.165, 1.54) is 10.8 Å². The summed E-state index contributed by atoms with van der Waals surface area (Å²) < 4.78 is 22.9. The fourth-order valence-corrected chi connectivity index (χ4v) is 3.78. The molecule has 4 rings (SSSR count). The molecule has 0 amide bonds. The molecule has 1 aliphatic rings. The van der Waals surface area contributed by atoms with E-state index in [9.17, 15) is 9.00 Å². The smallest absolute Gasteiger partial charge is 0.279 e. The second-order valence-electron chi connectivity index (χ2n) is 7.62. The van der Waals surface area contributed by atoms with Crippen LogP contribution < -0.4 is 5.56 Å². The van der Waals surface area contributed by atoms with E-state index >= 15 is 0 Å². The van der Waals surface area contributed by atoms with Gasteiger partial charge in [-0.05, 0) is 36.5 Å². The number of nitrogens with zero attached hydrogens (tertiary/aromatic N) is 4. The van der Waals surface area contributed by atoms with Gasteiger partial charge in [0.15, 0.2) is 5.82 Å². The molecule has 142 valence electrons. The molecule has 0 bridgehead atoms. The Morgan fingerprint density at radius 1 is 1.26 bits per heavy atom. The zero-order chi connectivity index (χ0) is 19.3. The van der Waals surface area contributed by atoms with Crippen LogP contribution in [0.15, 0.2) is 40.2 Å². The minimum absolute atomic E-state index is 0.0807. The van der Waals surface area contributed by atoms with Crippen molar-refractivity contribution in [1.29, 1.82) is 4.78 Å². The fourth-order valence-electron chi connectivity index (χ4n) is 3.12. The Hall–Kier alpha value is -2.48. The summed E-state index contributed by atoms with van der Waals surface area (Å²) in [5.41, 5.74) is 1.58. The van der Waals surface area contributed by atoms with Crippen LogP contribution >= 0.6 is 0 Å². The van der Waals surface area contributed by atoms with Crippen molar-refractivity contribution in [2.24, 2.45) is 0 Å². The molecule has 0 radical (unpaired) electrons. The van der Waals surface area contributed by atoms with Gasteiger partial charge in [-0.25, -0.2) is 8.99 Å². The molecule has 2 aromatic heterocycles. The molecule has 1 aliphatic carbocycles. The zero-order valence-electron chi connectivity index (χ0n) is 15.7. The third kappa shape index (κ3) is 3.41. The van der Waals surface area contributed by atoms with Gasteiger partial charge in [-0.3, -0.25) is 4.79 Å². The van der Waals surface area contributed by atoms with Gasteiger partial charge in [-0.1, -0.05) is 26.0 Å². The van der Waals surface area contributed by atoms with Crippen LogP contribution in [0.5, 0.6) is 0 Å².